The molecule has 0 saturated heterocycles. The van der Waals surface area contributed by atoms with Crippen LogP contribution in [0.5, 0.6) is 5.75 Å². The summed E-state index contributed by atoms with van der Waals surface area (Å²) in [6, 6.07) is 5.00. The van der Waals surface area contributed by atoms with E-state index in [1.165, 1.54) is 18.9 Å². The number of hydrazone groups is 1. The first-order chi connectivity index (χ1) is 14.4. The molecule has 0 saturated carbocycles. The van der Waals surface area contributed by atoms with Crippen molar-refractivity contribution < 1.29 is 9.53 Å². The smallest absolute Gasteiger partial charge is 0.240 e. The summed E-state index contributed by atoms with van der Waals surface area (Å²) in [5, 5.41) is 19.0. The summed E-state index contributed by atoms with van der Waals surface area (Å²) < 4.78 is 7.01. The summed E-state index contributed by atoms with van der Waals surface area (Å²) in [5.41, 5.74) is 6.12. The molecule has 0 aliphatic carbocycles. The predicted molar refractivity (Wildman–Crippen MR) is 118 cm³/mol. The van der Waals surface area contributed by atoms with E-state index in [1.54, 1.807) is 29.1 Å². The lowest BCUT2D eigenvalue weighted by molar-refractivity contribution is -0.113. The molecule has 0 radical (unpaired) electrons. The molecule has 3 N–H and O–H groups in total. The van der Waals surface area contributed by atoms with Crippen LogP contribution in [0.2, 0.25) is 5.02 Å². The molecule has 0 bridgehead atoms. The molecule has 12 heteroatoms. The molecule has 1 aromatic carbocycles. The molecular formula is C18H21ClN8O2S. The first-order valence-electron chi connectivity index (χ1n) is 8.85. The standard InChI is InChI=1S/C18H21ClN8O2S/c1-10-13(11(2)27(3)26-10)8-20-23-17-22-18(25-24-17)30-9-16(28)21-14-7-12(19)5-6-15(14)29-4/h5-8H,9H2,1-4H3,(H,21,28)(H2,22,23,24,25)/b20-8-. The van der Waals surface area contributed by atoms with E-state index in [0.29, 0.717) is 27.6 Å². The SMILES string of the molecule is COc1ccc(Cl)cc1NC(=O)CSc1n[nH]c(N/N=C\c2c(C)nn(C)c2C)n1. The Morgan fingerprint density at radius 3 is 2.93 bits per heavy atom. The van der Waals surface area contributed by atoms with Crippen molar-refractivity contribution in [3.8, 4) is 5.75 Å². The van der Waals surface area contributed by atoms with Gasteiger partial charge in [-0.15, -0.1) is 5.10 Å². The third-order valence-electron chi connectivity index (χ3n) is 4.16. The zero-order valence-corrected chi connectivity index (χ0v) is 18.4. The number of hydrogen-bond acceptors (Lipinski definition) is 8. The van der Waals surface area contributed by atoms with E-state index in [0.717, 1.165) is 17.0 Å². The van der Waals surface area contributed by atoms with Gasteiger partial charge in [-0.2, -0.15) is 15.2 Å². The number of rotatable bonds is 8. The Hall–Kier alpha value is -3.05. The number of amides is 1. The molecule has 0 atom stereocenters. The van der Waals surface area contributed by atoms with Gasteiger partial charge in [0.05, 0.1) is 30.5 Å². The molecule has 2 heterocycles. The van der Waals surface area contributed by atoms with Gasteiger partial charge in [0.15, 0.2) is 0 Å². The maximum absolute atomic E-state index is 12.2. The van der Waals surface area contributed by atoms with E-state index in [-0.39, 0.29) is 11.7 Å². The third-order valence-corrected chi connectivity index (χ3v) is 5.24. The highest BCUT2D eigenvalue weighted by atomic mass is 35.5. The van der Waals surface area contributed by atoms with Gasteiger partial charge in [-0.05, 0) is 32.0 Å². The lowest BCUT2D eigenvalue weighted by atomic mass is 10.2. The zero-order chi connectivity index (χ0) is 21.7. The van der Waals surface area contributed by atoms with Crippen molar-refractivity contribution in [1.82, 2.24) is 25.0 Å². The molecule has 30 heavy (non-hydrogen) atoms. The summed E-state index contributed by atoms with van der Waals surface area (Å²) in [6.45, 7) is 3.89. The number of carbonyl (C=O) groups is 1. The lowest BCUT2D eigenvalue weighted by Crippen LogP contribution is -2.14. The lowest BCUT2D eigenvalue weighted by Gasteiger charge is -2.09. The highest BCUT2D eigenvalue weighted by Crippen LogP contribution is 2.28. The number of carbonyl (C=O) groups excluding carboxylic acids is 1. The third kappa shape index (κ3) is 5.30. The molecule has 0 aliphatic heterocycles. The van der Waals surface area contributed by atoms with Crippen LogP contribution in [0.15, 0.2) is 28.5 Å². The number of benzene rings is 1. The first-order valence-corrected chi connectivity index (χ1v) is 10.2. The van der Waals surface area contributed by atoms with Crippen LogP contribution in [0.25, 0.3) is 0 Å². The average molecular weight is 449 g/mol. The Kier molecular flexibility index (Phi) is 6.95. The second-order valence-corrected chi connectivity index (χ2v) is 7.61. The zero-order valence-electron chi connectivity index (χ0n) is 16.9. The molecule has 158 valence electrons. The number of thioether (sulfide) groups is 1. The van der Waals surface area contributed by atoms with Gasteiger partial charge in [-0.3, -0.25) is 9.48 Å². The number of H-pyrrole nitrogens is 1. The van der Waals surface area contributed by atoms with E-state index in [1.807, 2.05) is 20.9 Å². The Balaban J connectivity index is 1.52. The maximum atomic E-state index is 12.2. The van der Waals surface area contributed by atoms with Crippen LogP contribution in [0, 0.1) is 13.8 Å². The van der Waals surface area contributed by atoms with Gasteiger partial charge in [-0.1, -0.05) is 23.4 Å². The van der Waals surface area contributed by atoms with Gasteiger partial charge >= 0.3 is 0 Å². The first kappa shape index (κ1) is 21.7. The van der Waals surface area contributed by atoms with Gasteiger partial charge in [0.1, 0.15) is 5.75 Å². The van der Waals surface area contributed by atoms with Crippen LogP contribution in [-0.4, -0.2) is 49.9 Å². The van der Waals surface area contributed by atoms with Crippen molar-refractivity contribution in [2.75, 3.05) is 23.6 Å². The van der Waals surface area contributed by atoms with E-state index in [9.17, 15) is 4.79 Å². The summed E-state index contributed by atoms with van der Waals surface area (Å²) in [5.74, 6) is 0.772. The van der Waals surface area contributed by atoms with Crippen molar-refractivity contribution in [2.24, 2.45) is 12.1 Å². The topological polar surface area (TPSA) is 122 Å². The minimum atomic E-state index is -0.236. The van der Waals surface area contributed by atoms with Crippen molar-refractivity contribution in [2.45, 2.75) is 19.0 Å². The minimum absolute atomic E-state index is 0.115. The number of nitrogens with one attached hydrogen (secondary N) is 3. The summed E-state index contributed by atoms with van der Waals surface area (Å²) in [7, 11) is 3.40. The molecule has 10 nitrogen and oxygen atoms in total. The fourth-order valence-electron chi connectivity index (χ4n) is 2.59. The summed E-state index contributed by atoms with van der Waals surface area (Å²) >= 11 is 7.15. The van der Waals surface area contributed by atoms with Crippen molar-refractivity contribution >= 4 is 47.1 Å². The van der Waals surface area contributed by atoms with E-state index >= 15 is 0 Å². The van der Waals surface area contributed by atoms with E-state index in [2.05, 4.69) is 36.1 Å². The van der Waals surface area contributed by atoms with Gasteiger partial charge in [0.25, 0.3) is 0 Å². The number of aromatic amines is 1. The van der Waals surface area contributed by atoms with E-state index in [4.69, 9.17) is 16.3 Å². The summed E-state index contributed by atoms with van der Waals surface area (Å²) in [4.78, 5) is 16.5. The molecule has 2 aromatic heterocycles. The predicted octanol–water partition coefficient (Wildman–Crippen LogP) is 2.99. The molecule has 3 rings (SSSR count). The molecule has 0 fully saturated rings. The quantitative estimate of drug-likeness (QED) is 0.275. The highest BCUT2D eigenvalue weighted by Gasteiger charge is 2.11. The monoisotopic (exact) mass is 448 g/mol. The Bertz CT molecular complexity index is 1080. The normalized spacial score (nSPS) is 11.1. The van der Waals surface area contributed by atoms with Crippen molar-refractivity contribution in [1.29, 1.82) is 0 Å². The Labute approximate surface area is 182 Å². The fourth-order valence-corrected chi connectivity index (χ4v) is 3.36. The number of halogens is 1. The number of anilines is 2. The van der Waals surface area contributed by atoms with Gasteiger partial charge in [-0.25, -0.2) is 10.5 Å². The number of ether oxygens (including phenoxy) is 1. The van der Waals surface area contributed by atoms with E-state index < -0.39 is 0 Å². The minimum Gasteiger partial charge on any atom is -0.495 e. The highest BCUT2D eigenvalue weighted by molar-refractivity contribution is 7.99. The second kappa shape index (κ2) is 9.63. The molecule has 0 aliphatic rings. The molecule has 3 aromatic rings. The molecule has 0 unspecified atom stereocenters. The Morgan fingerprint density at radius 2 is 2.23 bits per heavy atom. The van der Waals surface area contributed by atoms with Crippen molar-refractivity contribution in [3.05, 3.63) is 40.2 Å². The van der Waals surface area contributed by atoms with Crippen LogP contribution in [0.4, 0.5) is 11.6 Å². The summed E-state index contributed by atoms with van der Waals surface area (Å²) in [6.07, 6.45) is 1.68. The van der Waals surface area contributed by atoms with Crippen molar-refractivity contribution in [3.63, 3.8) is 0 Å². The molecule has 0 spiro atoms. The maximum Gasteiger partial charge on any atom is 0.240 e. The van der Waals surface area contributed by atoms with Crippen LogP contribution in [0.1, 0.15) is 17.0 Å². The number of nitrogens with zero attached hydrogens (tertiary/aromatic N) is 5. The average Bonchev–Trinajstić information content (AvgIpc) is 3.26. The van der Waals surface area contributed by atoms with Gasteiger partial charge in [0.2, 0.25) is 17.0 Å². The largest absolute Gasteiger partial charge is 0.495 e. The second-order valence-electron chi connectivity index (χ2n) is 6.23. The van der Waals surface area contributed by atoms with Gasteiger partial charge < -0.3 is 10.1 Å². The number of aromatic nitrogens is 5. The number of aryl methyl sites for hydroxylation is 2. The van der Waals surface area contributed by atoms with Crippen LogP contribution in [0.3, 0.4) is 0 Å². The van der Waals surface area contributed by atoms with Gasteiger partial charge in [0, 0.05) is 23.3 Å². The van der Waals surface area contributed by atoms with Crippen LogP contribution < -0.4 is 15.5 Å². The number of methoxy groups -OCH3 is 1. The van der Waals surface area contributed by atoms with Crippen LogP contribution in [-0.2, 0) is 11.8 Å². The molecular weight excluding hydrogens is 428 g/mol. The number of hydrogen-bond donors (Lipinski definition) is 3. The van der Waals surface area contributed by atoms with Crippen LogP contribution >= 0.6 is 23.4 Å². The fraction of sp³-hybridized carbons (Fsp3) is 0.278. The Morgan fingerprint density at radius 1 is 1.43 bits per heavy atom. The molecule has 1 amide bonds.